The molecule has 1 N–H and O–H groups in total. The molecule has 3 heterocycles. The van der Waals surface area contributed by atoms with Crippen LogP contribution >= 0.6 is 0 Å². The molecule has 1 aliphatic heterocycles. The van der Waals surface area contributed by atoms with Gasteiger partial charge in [0.2, 0.25) is 0 Å². The predicted molar refractivity (Wildman–Crippen MR) is 98.3 cm³/mol. The maximum absolute atomic E-state index is 4.66. The number of nitrogens with one attached hydrogen (secondary N) is 1. The van der Waals surface area contributed by atoms with Crippen LogP contribution in [0.15, 0.2) is 54.7 Å². The van der Waals surface area contributed by atoms with E-state index in [9.17, 15) is 0 Å². The molecule has 4 rings (SSSR count). The Balaban J connectivity index is 1.32. The normalized spacial score (nSPS) is 16.5. The Labute approximate surface area is 143 Å². The van der Waals surface area contributed by atoms with Crippen LogP contribution in [-0.2, 0) is 6.54 Å². The number of nitrogens with zero attached hydrogens (tertiary/aromatic N) is 3. The molecule has 0 saturated carbocycles. The Kier molecular flexibility index (Phi) is 4.22. The van der Waals surface area contributed by atoms with E-state index in [1.807, 2.05) is 16.8 Å². The summed E-state index contributed by atoms with van der Waals surface area (Å²) < 4.78 is 1.96. The largest absolute Gasteiger partial charge is 0.382 e. The van der Waals surface area contributed by atoms with Crippen LogP contribution < -0.4 is 5.32 Å². The van der Waals surface area contributed by atoms with E-state index in [1.54, 1.807) is 0 Å². The fraction of sp³-hybridized carbons (Fsp3) is 0.350. The molecule has 0 radical (unpaired) electrons. The lowest BCUT2D eigenvalue weighted by Crippen LogP contribution is -2.38. The Morgan fingerprint density at radius 2 is 1.96 bits per heavy atom. The zero-order valence-electron chi connectivity index (χ0n) is 14.2. The Morgan fingerprint density at radius 1 is 1.08 bits per heavy atom. The van der Waals surface area contributed by atoms with Crippen molar-refractivity contribution < 1.29 is 0 Å². The van der Waals surface area contributed by atoms with E-state index in [-0.39, 0.29) is 0 Å². The van der Waals surface area contributed by atoms with Gasteiger partial charge in [0.1, 0.15) is 0 Å². The molecule has 0 aliphatic carbocycles. The van der Waals surface area contributed by atoms with Crippen molar-refractivity contribution in [1.29, 1.82) is 0 Å². The van der Waals surface area contributed by atoms with Gasteiger partial charge in [0.25, 0.3) is 0 Å². The van der Waals surface area contributed by atoms with Crippen molar-refractivity contribution in [2.45, 2.75) is 32.4 Å². The zero-order chi connectivity index (χ0) is 16.4. The van der Waals surface area contributed by atoms with Gasteiger partial charge in [0.15, 0.2) is 0 Å². The van der Waals surface area contributed by atoms with Crippen LogP contribution in [0.1, 0.15) is 24.1 Å². The molecular weight excluding hydrogens is 296 g/mol. The molecule has 3 aromatic rings. The number of hydrogen-bond donors (Lipinski definition) is 1. The number of aryl methyl sites for hydroxylation is 1. The highest BCUT2D eigenvalue weighted by atomic mass is 15.2. The summed E-state index contributed by atoms with van der Waals surface area (Å²) in [6.07, 6.45) is 4.37. The van der Waals surface area contributed by atoms with Gasteiger partial charge in [-0.05, 0) is 55.7 Å². The molecule has 1 fully saturated rings. The maximum Gasteiger partial charge on any atom is 0.0775 e. The molecule has 1 saturated heterocycles. The van der Waals surface area contributed by atoms with Crippen molar-refractivity contribution in [2.24, 2.45) is 0 Å². The lowest BCUT2D eigenvalue weighted by Gasteiger charge is -2.32. The van der Waals surface area contributed by atoms with E-state index in [0.29, 0.717) is 6.04 Å². The monoisotopic (exact) mass is 320 g/mol. The summed E-state index contributed by atoms with van der Waals surface area (Å²) in [5.41, 5.74) is 4.88. The lowest BCUT2D eigenvalue weighted by molar-refractivity contribution is 0.209. The smallest absolute Gasteiger partial charge is 0.0775 e. The van der Waals surface area contributed by atoms with Gasteiger partial charge in [-0.1, -0.05) is 18.2 Å². The number of rotatable bonds is 4. The Bertz CT molecular complexity index is 782. The van der Waals surface area contributed by atoms with E-state index < -0.39 is 0 Å². The third-order valence-corrected chi connectivity index (χ3v) is 4.78. The van der Waals surface area contributed by atoms with Crippen LogP contribution in [0.25, 0.3) is 5.52 Å². The molecule has 1 aliphatic rings. The Hall–Kier alpha value is -2.33. The second kappa shape index (κ2) is 6.65. The van der Waals surface area contributed by atoms with Crippen molar-refractivity contribution in [3.63, 3.8) is 0 Å². The molecule has 1 aromatic carbocycles. The highest BCUT2D eigenvalue weighted by Gasteiger charge is 2.19. The topological polar surface area (TPSA) is 32.6 Å². The number of aromatic nitrogens is 2. The first-order chi connectivity index (χ1) is 11.8. The lowest BCUT2D eigenvalue weighted by atomic mass is 10.0. The van der Waals surface area contributed by atoms with Crippen LogP contribution in [0.2, 0.25) is 0 Å². The summed E-state index contributed by atoms with van der Waals surface area (Å²) in [4.78, 5) is 2.51. The summed E-state index contributed by atoms with van der Waals surface area (Å²) in [6, 6.07) is 17.6. The molecule has 4 heteroatoms. The average Bonchev–Trinajstić information content (AvgIpc) is 2.99. The van der Waals surface area contributed by atoms with Gasteiger partial charge in [-0.3, -0.25) is 4.90 Å². The number of benzene rings is 1. The second-order valence-corrected chi connectivity index (χ2v) is 6.77. The fourth-order valence-corrected chi connectivity index (χ4v) is 3.50. The van der Waals surface area contributed by atoms with Crippen LogP contribution in [0.3, 0.4) is 0 Å². The van der Waals surface area contributed by atoms with Crippen molar-refractivity contribution in [3.8, 4) is 0 Å². The van der Waals surface area contributed by atoms with E-state index >= 15 is 0 Å². The van der Waals surface area contributed by atoms with Gasteiger partial charge in [0, 0.05) is 37.6 Å². The number of fused-ring (bicyclic) bond motifs is 1. The number of hydrogen-bond acceptors (Lipinski definition) is 3. The van der Waals surface area contributed by atoms with Crippen molar-refractivity contribution in [1.82, 2.24) is 14.5 Å². The van der Waals surface area contributed by atoms with E-state index in [1.165, 1.54) is 29.6 Å². The molecular formula is C20H24N4. The number of piperidine rings is 1. The molecule has 24 heavy (non-hydrogen) atoms. The SMILES string of the molecule is Cc1cccc(NC2CCN(Cc3cc4ccccn4n3)CC2)c1. The molecule has 2 aromatic heterocycles. The molecule has 0 spiro atoms. The fourth-order valence-electron chi connectivity index (χ4n) is 3.50. The summed E-state index contributed by atoms with van der Waals surface area (Å²) >= 11 is 0. The molecule has 0 unspecified atom stereocenters. The van der Waals surface area contributed by atoms with E-state index in [4.69, 9.17) is 0 Å². The van der Waals surface area contributed by atoms with Gasteiger partial charge >= 0.3 is 0 Å². The molecule has 0 bridgehead atoms. The quantitative estimate of drug-likeness (QED) is 0.795. The average molecular weight is 320 g/mol. The van der Waals surface area contributed by atoms with Crippen LogP contribution in [0, 0.1) is 6.92 Å². The minimum absolute atomic E-state index is 0.573. The first-order valence-electron chi connectivity index (χ1n) is 8.75. The molecule has 0 amide bonds. The molecule has 4 nitrogen and oxygen atoms in total. The van der Waals surface area contributed by atoms with E-state index in [2.05, 4.69) is 64.7 Å². The van der Waals surface area contributed by atoms with Crippen molar-refractivity contribution in [2.75, 3.05) is 18.4 Å². The van der Waals surface area contributed by atoms with E-state index in [0.717, 1.165) is 25.3 Å². The maximum atomic E-state index is 4.66. The number of likely N-dealkylation sites (tertiary alicyclic amines) is 1. The minimum atomic E-state index is 0.573. The van der Waals surface area contributed by atoms with Crippen molar-refractivity contribution in [3.05, 3.63) is 66.0 Å². The van der Waals surface area contributed by atoms with Gasteiger partial charge in [-0.2, -0.15) is 5.10 Å². The standard InChI is InChI=1S/C20H24N4/c1-16-5-4-6-18(13-16)21-17-8-11-23(12-9-17)15-19-14-20-7-2-3-10-24(20)22-19/h2-7,10,13-14,17,21H,8-9,11-12,15H2,1H3. The molecule has 124 valence electrons. The zero-order valence-corrected chi connectivity index (χ0v) is 14.2. The highest BCUT2D eigenvalue weighted by Crippen LogP contribution is 2.19. The highest BCUT2D eigenvalue weighted by molar-refractivity contribution is 5.47. The third kappa shape index (κ3) is 3.44. The molecule has 0 atom stereocenters. The summed E-state index contributed by atoms with van der Waals surface area (Å²) in [7, 11) is 0. The first kappa shape index (κ1) is 15.2. The summed E-state index contributed by atoms with van der Waals surface area (Å²) in [5.74, 6) is 0. The van der Waals surface area contributed by atoms with Crippen LogP contribution in [0.5, 0.6) is 0 Å². The minimum Gasteiger partial charge on any atom is -0.382 e. The Morgan fingerprint density at radius 3 is 2.75 bits per heavy atom. The van der Waals surface area contributed by atoms with Gasteiger partial charge < -0.3 is 5.32 Å². The third-order valence-electron chi connectivity index (χ3n) is 4.78. The van der Waals surface area contributed by atoms with Crippen LogP contribution in [-0.4, -0.2) is 33.6 Å². The number of anilines is 1. The van der Waals surface area contributed by atoms with Crippen molar-refractivity contribution >= 4 is 11.2 Å². The summed E-state index contributed by atoms with van der Waals surface area (Å²) in [6.45, 7) is 5.33. The van der Waals surface area contributed by atoms with Gasteiger partial charge in [-0.25, -0.2) is 4.52 Å². The van der Waals surface area contributed by atoms with Gasteiger partial charge in [-0.15, -0.1) is 0 Å². The second-order valence-electron chi connectivity index (χ2n) is 6.77. The first-order valence-corrected chi connectivity index (χ1v) is 8.75. The number of pyridine rings is 1. The van der Waals surface area contributed by atoms with Gasteiger partial charge in [0.05, 0.1) is 11.2 Å². The summed E-state index contributed by atoms with van der Waals surface area (Å²) in [5, 5.41) is 8.34. The predicted octanol–water partition coefficient (Wildman–Crippen LogP) is 3.72. The van der Waals surface area contributed by atoms with Crippen LogP contribution in [0.4, 0.5) is 5.69 Å².